The Labute approximate surface area is 136 Å². The number of rotatable bonds is 6. The largest absolute Gasteiger partial charge is 0.481 e. The standard InChI is InChI=1S/C17H24N2O4/c1-11(17(2,3)4)15(22)19-13-7-5-12(6-8-13)16(23)18-10-9-14(20)21/h5-8,11H,9-10H2,1-4H3,(H,18,23)(H,19,22)(H,20,21). The van der Waals surface area contributed by atoms with E-state index in [0.717, 1.165) is 0 Å². The van der Waals surface area contributed by atoms with Crippen LogP contribution in [0.25, 0.3) is 0 Å². The number of anilines is 1. The fraction of sp³-hybridized carbons (Fsp3) is 0.471. The van der Waals surface area contributed by atoms with Crippen LogP contribution in [0, 0.1) is 11.3 Å². The Balaban J connectivity index is 2.61. The number of carboxylic acids is 1. The summed E-state index contributed by atoms with van der Waals surface area (Å²) >= 11 is 0. The fourth-order valence-electron chi connectivity index (χ4n) is 1.73. The van der Waals surface area contributed by atoms with Gasteiger partial charge in [0.2, 0.25) is 5.91 Å². The van der Waals surface area contributed by atoms with Crippen molar-refractivity contribution >= 4 is 23.5 Å². The molecule has 23 heavy (non-hydrogen) atoms. The van der Waals surface area contributed by atoms with Gasteiger partial charge < -0.3 is 15.7 Å². The van der Waals surface area contributed by atoms with Crippen LogP contribution in [0.3, 0.4) is 0 Å². The molecule has 0 saturated heterocycles. The van der Waals surface area contributed by atoms with Crippen molar-refractivity contribution in [2.75, 3.05) is 11.9 Å². The van der Waals surface area contributed by atoms with Crippen LogP contribution in [-0.4, -0.2) is 29.4 Å². The number of carboxylic acid groups (broad SMARTS) is 1. The van der Waals surface area contributed by atoms with E-state index in [0.29, 0.717) is 11.3 Å². The second-order valence-electron chi connectivity index (χ2n) is 6.55. The second kappa shape index (κ2) is 7.76. The van der Waals surface area contributed by atoms with E-state index in [1.165, 1.54) is 0 Å². The highest BCUT2D eigenvalue weighted by Crippen LogP contribution is 2.26. The molecule has 0 saturated carbocycles. The SMILES string of the molecule is CC(C(=O)Nc1ccc(C(=O)NCCC(=O)O)cc1)C(C)(C)C. The Bertz CT molecular complexity index is 573. The summed E-state index contributed by atoms with van der Waals surface area (Å²) in [5.41, 5.74) is 0.902. The Morgan fingerprint density at radius 1 is 1.13 bits per heavy atom. The third-order valence-electron chi connectivity index (χ3n) is 3.73. The zero-order valence-corrected chi connectivity index (χ0v) is 14.0. The number of hydrogen-bond donors (Lipinski definition) is 3. The molecule has 0 radical (unpaired) electrons. The molecule has 0 spiro atoms. The van der Waals surface area contributed by atoms with Crippen LogP contribution in [0.15, 0.2) is 24.3 Å². The fourth-order valence-corrected chi connectivity index (χ4v) is 1.73. The van der Waals surface area contributed by atoms with Crippen molar-refractivity contribution in [3.8, 4) is 0 Å². The second-order valence-corrected chi connectivity index (χ2v) is 6.55. The lowest BCUT2D eigenvalue weighted by Gasteiger charge is -2.26. The maximum Gasteiger partial charge on any atom is 0.305 e. The van der Waals surface area contributed by atoms with Crippen LogP contribution in [0.4, 0.5) is 5.69 Å². The predicted molar refractivity (Wildman–Crippen MR) is 88.3 cm³/mol. The van der Waals surface area contributed by atoms with E-state index in [2.05, 4.69) is 10.6 Å². The maximum absolute atomic E-state index is 12.1. The van der Waals surface area contributed by atoms with Crippen LogP contribution >= 0.6 is 0 Å². The van der Waals surface area contributed by atoms with Gasteiger partial charge in [0.05, 0.1) is 6.42 Å². The molecule has 1 rings (SSSR count). The molecule has 126 valence electrons. The van der Waals surface area contributed by atoms with Gasteiger partial charge in [-0.2, -0.15) is 0 Å². The van der Waals surface area contributed by atoms with Crippen molar-refractivity contribution in [3.63, 3.8) is 0 Å². The van der Waals surface area contributed by atoms with Crippen molar-refractivity contribution in [2.24, 2.45) is 11.3 Å². The van der Waals surface area contributed by atoms with E-state index in [1.54, 1.807) is 24.3 Å². The molecule has 1 unspecified atom stereocenters. The van der Waals surface area contributed by atoms with Gasteiger partial charge in [0.15, 0.2) is 0 Å². The molecule has 0 aliphatic carbocycles. The molecule has 6 heteroatoms. The molecule has 0 fully saturated rings. The third-order valence-corrected chi connectivity index (χ3v) is 3.73. The quantitative estimate of drug-likeness (QED) is 0.750. The Kier molecular flexibility index (Phi) is 6.30. The van der Waals surface area contributed by atoms with Gasteiger partial charge in [-0.1, -0.05) is 27.7 Å². The third kappa shape index (κ3) is 6.10. The summed E-state index contributed by atoms with van der Waals surface area (Å²) in [6.07, 6.45) is -0.120. The number of aliphatic carboxylic acids is 1. The lowest BCUT2D eigenvalue weighted by atomic mass is 9.81. The Hall–Kier alpha value is -2.37. The van der Waals surface area contributed by atoms with Crippen LogP contribution in [0.1, 0.15) is 44.5 Å². The topological polar surface area (TPSA) is 95.5 Å². The average molecular weight is 320 g/mol. The molecule has 1 atom stereocenters. The first kappa shape index (κ1) is 18.7. The first-order valence-corrected chi connectivity index (χ1v) is 7.52. The van der Waals surface area contributed by atoms with Gasteiger partial charge in [0, 0.05) is 23.7 Å². The molecule has 3 N–H and O–H groups in total. The number of carbonyl (C=O) groups is 3. The van der Waals surface area contributed by atoms with Crippen molar-refractivity contribution in [1.82, 2.24) is 5.32 Å². The van der Waals surface area contributed by atoms with E-state index in [9.17, 15) is 14.4 Å². The zero-order valence-electron chi connectivity index (χ0n) is 14.0. The molecular formula is C17H24N2O4. The number of amides is 2. The predicted octanol–water partition coefficient (Wildman–Crippen LogP) is 2.51. The highest BCUT2D eigenvalue weighted by atomic mass is 16.4. The van der Waals surface area contributed by atoms with Gasteiger partial charge in [-0.15, -0.1) is 0 Å². The highest BCUT2D eigenvalue weighted by Gasteiger charge is 2.26. The van der Waals surface area contributed by atoms with Crippen molar-refractivity contribution in [2.45, 2.75) is 34.1 Å². The smallest absolute Gasteiger partial charge is 0.305 e. The summed E-state index contributed by atoms with van der Waals surface area (Å²) in [6, 6.07) is 6.49. The van der Waals surface area contributed by atoms with E-state index in [4.69, 9.17) is 5.11 Å². The summed E-state index contributed by atoms with van der Waals surface area (Å²) in [4.78, 5) is 34.3. The molecule has 1 aromatic rings. The summed E-state index contributed by atoms with van der Waals surface area (Å²) in [7, 11) is 0. The molecule has 0 heterocycles. The molecule has 6 nitrogen and oxygen atoms in total. The monoisotopic (exact) mass is 320 g/mol. The number of carbonyl (C=O) groups excluding carboxylic acids is 2. The number of benzene rings is 1. The van der Waals surface area contributed by atoms with Crippen LogP contribution in [0.2, 0.25) is 0 Å². The lowest BCUT2D eigenvalue weighted by molar-refractivity contribution is -0.136. The van der Waals surface area contributed by atoms with Gasteiger partial charge >= 0.3 is 5.97 Å². The van der Waals surface area contributed by atoms with E-state index in [1.807, 2.05) is 27.7 Å². The molecule has 1 aromatic carbocycles. The van der Waals surface area contributed by atoms with E-state index < -0.39 is 5.97 Å². The van der Waals surface area contributed by atoms with E-state index in [-0.39, 0.29) is 36.1 Å². The molecule has 2 amide bonds. The lowest BCUT2D eigenvalue weighted by Crippen LogP contribution is -2.30. The molecule has 0 aliphatic heterocycles. The van der Waals surface area contributed by atoms with Gasteiger partial charge in [0.25, 0.3) is 5.91 Å². The first-order valence-electron chi connectivity index (χ1n) is 7.52. The Morgan fingerprint density at radius 2 is 1.70 bits per heavy atom. The van der Waals surface area contributed by atoms with Gasteiger partial charge in [-0.05, 0) is 29.7 Å². The van der Waals surface area contributed by atoms with Crippen molar-refractivity contribution in [3.05, 3.63) is 29.8 Å². The molecule has 0 bridgehead atoms. The molecule has 0 aliphatic rings. The average Bonchev–Trinajstić information content (AvgIpc) is 2.45. The van der Waals surface area contributed by atoms with Gasteiger partial charge in [-0.25, -0.2) is 0 Å². The maximum atomic E-state index is 12.1. The summed E-state index contributed by atoms with van der Waals surface area (Å²) in [6.45, 7) is 7.96. The minimum absolute atomic E-state index is 0.0730. The van der Waals surface area contributed by atoms with Gasteiger partial charge in [-0.3, -0.25) is 14.4 Å². The summed E-state index contributed by atoms with van der Waals surface area (Å²) in [5.74, 6) is -1.53. The van der Waals surface area contributed by atoms with E-state index >= 15 is 0 Å². The molecule has 0 aromatic heterocycles. The summed E-state index contributed by atoms with van der Waals surface area (Å²) in [5, 5.41) is 13.9. The molecular weight excluding hydrogens is 296 g/mol. The number of nitrogens with one attached hydrogen (secondary N) is 2. The minimum atomic E-state index is -0.962. The van der Waals surface area contributed by atoms with Gasteiger partial charge in [0.1, 0.15) is 0 Å². The number of hydrogen-bond acceptors (Lipinski definition) is 3. The van der Waals surface area contributed by atoms with Crippen LogP contribution in [-0.2, 0) is 9.59 Å². The Morgan fingerprint density at radius 3 is 2.17 bits per heavy atom. The first-order chi connectivity index (χ1) is 10.6. The van der Waals surface area contributed by atoms with Crippen LogP contribution < -0.4 is 10.6 Å². The van der Waals surface area contributed by atoms with Crippen LogP contribution in [0.5, 0.6) is 0 Å². The zero-order chi connectivity index (χ0) is 17.6. The van der Waals surface area contributed by atoms with Crippen molar-refractivity contribution < 1.29 is 19.5 Å². The highest BCUT2D eigenvalue weighted by molar-refractivity contribution is 5.96. The summed E-state index contributed by atoms with van der Waals surface area (Å²) < 4.78 is 0. The normalized spacial score (nSPS) is 12.3. The van der Waals surface area contributed by atoms with Crippen molar-refractivity contribution in [1.29, 1.82) is 0 Å². The minimum Gasteiger partial charge on any atom is -0.481 e.